The molecular formula is C18H23N3O3. The zero-order chi connectivity index (χ0) is 17.3. The summed E-state index contributed by atoms with van der Waals surface area (Å²) in [6.07, 6.45) is 1.29. The van der Waals surface area contributed by atoms with Crippen LogP contribution in [0.2, 0.25) is 0 Å². The summed E-state index contributed by atoms with van der Waals surface area (Å²) in [6.45, 7) is 4.98. The lowest BCUT2D eigenvalue weighted by Gasteiger charge is -2.22. The van der Waals surface area contributed by atoms with Gasteiger partial charge in [-0.1, -0.05) is 50.6 Å². The van der Waals surface area contributed by atoms with E-state index in [1.807, 2.05) is 44.2 Å². The van der Waals surface area contributed by atoms with Gasteiger partial charge in [-0.25, -0.2) is 9.69 Å². The maximum atomic E-state index is 12.7. The second kappa shape index (κ2) is 6.63. The van der Waals surface area contributed by atoms with E-state index >= 15 is 0 Å². The van der Waals surface area contributed by atoms with E-state index in [0.29, 0.717) is 19.5 Å². The highest BCUT2D eigenvalue weighted by Crippen LogP contribution is 2.25. The van der Waals surface area contributed by atoms with Crippen molar-refractivity contribution in [2.75, 3.05) is 6.54 Å². The first-order chi connectivity index (χ1) is 11.5. The van der Waals surface area contributed by atoms with Gasteiger partial charge < -0.3 is 10.2 Å². The maximum absolute atomic E-state index is 12.7. The molecule has 1 aromatic carbocycles. The molecule has 1 N–H and O–H groups in total. The lowest BCUT2D eigenvalue weighted by molar-refractivity contribution is -0.138. The second-order valence-corrected chi connectivity index (χ2v) is 6.57. The van der Waals surface area contributed by atoms with Gasteiger partial charge in [0.1, 0.15) is 12.1 Å². The van der Waals surface area contributed by atoms with Crippen LogP contribution in [0.15, 0.2) is 30.3 Å². The Morgan fingerprint density at radius 2 is 1.88 bits per heavy atom. The summed E-state index contributed by atoms with van der Waals surface area (Å²) in [4.78, 5) is 40.4. The molecule has 2 aliphatic rings. The molecule has 1 unspecified atom stereocenters. The topological polar surface area (TPSA) is 69.7 Å². The zero-order valence-corrected chi connectivity index (χ0v) is 14.1. The molecule has 128 valence electrons. The van der Waals surface area contributed by atoms with E-state index < -0.39 is 18.1 Å². The van der Waals surface area contributed by atoms with Gasteiger partial charge in [0, 0.05) is 13.1 Å². The van der Waals surface area contributed by atoms with Crippen molar-refractivity contribution in [3.05, 3.63) is 35.9 Å². The van der Waals surface area contributed by atoms with Crippen LogP contribution in [0.25, 0.3) is 0 Å². The Bertz CT molecular complexity index is 646. The van der Waals surface area contributed by atoms with Crippen molar-refractivity contribution >= 4 is 17.8 Å². The first-order valence-electron chi connectivity index (χ1n) is 8.49. The van der Waals surface area contributed by atoms with E-state index in [4.69, 9.17) is 0 Å². The van der Waals surface area contributed by atoms with Crippen LogP contribution in [0.5, 0.6) is 0 Å². The van der Waals surface area contributed by atoms with Crippen molar-refractivity contribution in [1.82, 2.24) is 15.1 Å². The van der Waals surface area contributed by atoms with Crippen LogP contribution in [0.1, 0.15) is 32.3 Å². The van der Waals surface area contributed by atoms with Crippen LogP contribution >= 0.6 is 0 Å². The third kappa shape index (κ3) is 2.88. The first-order valence-corrected chi connectivity index (χ1v) is 8.49. The first kappa shape index (κ1) is 16.5. The number of rotatable bonds is 5. The number of hydrogen-bond donors (Lipinski definition) is 1. The minimum atomic E-state index is -0.671. The molecule has 2 aliphatic heterocycles. The SMILES string of the molecule is CC[C@H](C)[C@@H]1NC(=O)N(C2CCN(Cc3ccccc3)C2=O)C1=O. The molecule has 0 aromatic heterocycles. The number of likely N-dealkylation sites (tertiary alicyclic amines) is 1. The van der Waals surface area contributed by atoms with Gasteiger partial charge in [-0.05, 0) is 17.9 Å². The number of carbonyl (C=O) groups is 3. The average Bonchev–Trinajstić information content (AvgIpc) is 3.08. The van der Waals surface area contributed by atoms with Gasteiger partial charge in [0.05, 0.1) is 0 Å². The Kier molecular flexibility index (Phi) is 4.55. The summed E-state index contributed by atoms with van der Waals surface area (Å²) in [5, 5.41) is 2.73. The van der Waals surface area contributed by atoms with E-state index in [-0.39, 0.29) is 17.7 Å². The van der Waals surface area contributed by atoms with Crippen molar-refractivity contribution in [1.29, 1.82) is 0 Å². The normalized spacial score (nSPS) is 25.3. The van der Waals surface area contributed by atoms with E-state index in [1.54, 1.807) is 4.90 Å². The zero-order valence-electron chi connectivity index (χ0n) is 14.1. The Morgan fingerprint density at radius 1 is 1.17 bits per heavy atom. The van der Waals surface area contributed by atoms with Gasteiger partial charge in [-0.3, -0.25) is 9.59 Å². The molecule has 2 saturated heterocycles. The largest absolute Gasteiger partial charge is 0.336 e. The summed E-state index contributed by atoms with van der Waals surface area (Å²) >= 11 is 0. The molecule has 4 amide bonds. The summed E-state index contributed by atoms with van der Waals surface area (Å²) in [6, 6.07) is 8.10. The van der Waals surface area contributed by atoms with Gasteiger partial charge >= 0.3 is 6.03 Å². The van der Waals surface area contributed by atoms with E-state index in [2.05, 4.69) is 5.32 Å². The Morgan fingerprint density at radius 3 is 2.54 bits per heavy atom. The van der Waals surface area contributed by atoms with Crippen LogP contribution in [-0.2, 0) is 16.1 Å². The summed E-state index contributed by atoms with van der Waals surface area (Å²) in [5.41, 5.74) is 1.04. The molecule has 6 heteroatoms. The fraction of sp³-hybridized carbons (Fsp3) is 0.500. The van der Waals surface area contributed by atoms with Crippen molar-refractivity contribution in [3.63, 3.8) is 0 Å². The minimum Gasteiger partial charge on any atom is -0.336 e. The fourth-order valence-corrected chi connectivity index (χ4v) is 3.35. The number of nitrogens with one attached hydrogen (secondary N) is 1. The number of amides is 4. The quantitative estimate of drug-likeness (QED) is 0.837. The van der Waals surface area contributed by atoms with Crippen molar-refractivity contribution in [2.24, 2.45) is 5.92 Å². The second-order valence-electron chi connectivity index (χ2n) is 6.57. The Hall–Kier alpha value is -2.37. The molecule has 0 saturated carbocycles. The molecule has 0 spiro atoms. The molecule has 0 radical (unpaired) electrons. The molecule has 3 rings (SSSR count). The number of hydrogen-bond acceptors (Lipinski definition) is 3. The third-order valence-electron chi connectivity index (χ3n) is 5.01. The lowest BCUT2D eigenvalue weighted by Crippen LogP contribution is -2.46. The molecule has 3 atom stereocenters. The summed E-state index contributed by atoms with van der Waals surface area (Å²) in [7, 11) is 0. The highest BCUT2D eigenvalue weighted by molar-refractivity contribution is 6.07. The molecule has 0 aliphatic carbocycles. The number of carbonyl (C=O) groups excluding carboxylic acids is 3. The highest BCUT2D eigenvalue weighted by atomic mass is 16.2. The average molecular weight is 329 g/mol. The molecule has 24 heavy (non-hydrogen) atoms. The van der Waals surface area contributed by atoms with Crippen molar-refractivity contribution < 1.29 is 14.4 Å². The van der Waals surface area contributed by atoms with Gasteiger partial charge in [-0.2, -0.15) is 0 Å². The molecule has 0 bridgehead atoms. The van der Waals surface area contributed by atoms with Gasteiger partial charge in [0.2, 0.25) is 5.91 Å². The number of imide groups is 1. The Balaban J connectivity index is 1.71. The summed E-state index contributed by atoms with van der Waals surface area (Å²) in [5.74, 6) is -0.357. The van der Waals surface area contributed by atoms with Crippen LogP contribution < -0.4 is 5.32 Å². The highest BCUT2D eigenvalue weighted by Gasteiger charge is 2.48. The monoisotopic (exact) mass is 329 g/mol. The van der Waals surface area contributed by atoms with Gasteiger partial charge in [-0.15, -0.1) is 0 Å². The van der Waals surface area contributed by atoms with Crippen LogP contribution in [-0.4, -0.2) is 46.3 Å². The molecule has 6 nitrogen and oxygen atoms in total. The van der Waals surface area contributed by atoms with Gasteiger partial charge in [0.15, 0.2) is 0 Å². The predicted molar refractivity (Wildman–Crippen MR) is 88.9 cm³/mol. The maximum Gasteiger partial charge on any atom is 0.325 e. The molecular weight excluding hydrogens is 306 g/mol. The smallest absolute Gasteiger partial charge is 0.325 e. The van der Waals surface area contributed by atoms with Crippen molar-refractivity contribution in [2.45, 2.75) is 45.3 Å². The number of urea groups is 1. The third-order valence-corrected chi connectivity index (χ3v) is 5.01. The molecule has 2 fully saturated rings. The predicted octanol–water partition coefficient (Wildman–Crippen LogP) is 1.75. The van der Waals surface area contributed by atoms with Crippen molar-refractivity contribution in [3.8, 4) is 0 Å². The van der Waals surface area contributed by atoms with E-state index in [0.717, 1.165) is 16.9 Å². The number of nitrogens with zero attached hydrogens (tertiary/aromatic N) is 2. The van der Waals surface area contributed by atoms with Crippen LogP contribution in [0.4, 0.5) is 4.79 Å². The molecule has 1 aromatic rings. The fourth-order valence-electron chi connectivity index (χ4n) is 3.35. The lowest BCUT2D eigenvalue weighted by atomic mass is 9.99. The molecule has 2 heterocycles. The standard InChI is InChI=1S/C18H23N3O3/c1-3-12(2)15-17(23)21(18(24)19-15)14-9-10-20(16(14)22)11-13-7-5-4-6-8-13/h4-8,12,14-15H,3,9-11H2,1-2H3,(H,19,24)/t12-,14?,15-/m0/s1. The van der Waals surface area contributed by atoms with Gasteiger partial charge in [0.25, 0.3) is 5.91 Å². The van der Waals surface area contributed by atoms with Crippen LogP contribution in [0.3, 0.4) is 0 Å². The van der Waals surface area contributed by atoms with Crippen LogP contribution in [0, 0.1) is 5.92 Å². The summed E-state index contributed by atoms with van der Waals surface area (Å²) < 4.78 is 0. The minimum absolute atomic E-state index is 0.0587. The van der Waals surface area contributed by atoms with E-state index in [1.165, 1.54) is 0 Å². The number of benzene rings is 1. The Labute approximate surface area is 141 Å². The van der Waals surface area contributed by atoms with E-state index in [9.17, 15) is 14.4 Å².